The molecular formula is C18H18N2OS. The Balaban J connectivity index is 1.70. The number of aliphatic hydroxyl groups excluding tert-OH is 1. The number of aryl methyl sites for hydroxylation is 1. The topological polar surface area (TPSA) is 45.1 Å². The molecule has 22 heavy (non-hydrogen) atoms. The van der Waals surface area contributed by atoms with Crippen LogP contribution in [0.15, 0.2) is 53.9 Å². The Morgan fingerprint density at radius 3 is 2.55 bits per heavy atom. The molecule has 2 aromatic carbocycles. The van der Waals surface area contributed by atoms with E-state index in [1.54, 1.807) is 11.3 Å². The zero-order chi connectivity index (χ0) is 15.4. The molecule has 112 valence electrons. The van der Waals surface area contributed by atoms with E-state index in [0.717, 1.165) is 34.1 Å². The maximum atomic E-state index is 9.06. The number of anilines is 1. The molecule has 0 aliphatic rings. The van der Waals surface area contributed by atoms with Gasteiger partial charge in [-0.3, -0.25) is 0 Å². The van der Waals surface area contributed by atoms with E-state index in [2.05, 4.69) is 33.9 Å². The molecule has 0 fully saturated rings. The molecule has 2 N–H and O–H groups in total. The number of hydrogen-bond donors (Lipinski definition) is 2. The maximum absolute atomic E-state index is 9.06. The molecule has 0 bridgehead atoms. The molecule has 3 aromatic rings. The number of nitrogens with zero attached hydrogens (tertiary/aromatic N) is 1. The van der Waals surface area contributed by atoms with Crippen LogP contribution in [0.25, 0.3) is 10.6 Å². The van der Waals surface area contributed by atoms with Crippen molar-refractivity contribution in [2.24, 2.45) is 0 Å². The Morgan fingerprint density at radius 2 is 1.86 bits per heavy atom. The van der Waals surface area contributed by atoms with Gasteiger partial charge in [0.1, 0.15) is 5.01 Å². The standard InChI is InChI=1S/C18H18N2OS/c1-13-12-22-18(20-13)16-3-2-4-17(9-16)19-10-14-5-7-15(11-21)8-6-14/h2-9,12,19,21H,10-11H2,1H3. The van der Waals surface area contributed by atoms with Crippen molar-refractivity contribution >= 4 is 17.0 Å². The number of nitrogens with one attached hydrogen (secondary N) is 1. The summed E-state index contributed by atoms with van der Waals surface area (Å²) in [6.07, 6.45) is 0. The van der Waals surface area contributed by atoms with Gasteiger partial charge in [-0.1, -0.05) is 36.4 Å². The highest BCUT2D eigenvalue weighted by Crippen LogP contribution is 2.26. The van der Waals surface area contributed by atoms with Crippen molar-refractivity contribution in [2.75, 3.05) is 5.32 Å². The van der Waals surface area contributed by atoms with Gasteiger partial charge in [0.25, 0.3) is 0 Å². The first-order valence-electron chi connectivity index (χ1n) is 7.20. The zero-order valence-electron chi connectivity index (χ0n) is 12.4. The third kappa shape index (κ3) is 3.53. The van der Waals surface area contributed by atoms with E-state index in [1.807, 2.05) is 37.3 Å². The van der Waals surface area contributed by atoms with Crippen LogP contribution in [0.5, 0.6) is 0 Å². The molecule has 0 amide bonds. The maximum Gasteiger partial charge on any atom is 0.123 e. The average Bonchev–Trinajstić information content (AvgIpc) is 3.00. The van der Waals surface area contributed by atoms with Gasteiger partial charge in [0, 0.05) is 28.9 Å². The number of hydrogen-bond acceptors (Lipinski definition) is 4. The summed E-state index contributed by atoms with van der Waals surface area (Å²) in [5, 5.41) is 15.6. The lowest BCUT2D eigenvalue weighted by Gasteiger charge is -2.08. The fourth-order valence-electron chi connectivity index (χ4n) is 2.22. The largest absolute Gasteiger partial charge is 0.392 e. The summed E-state index contributed by atoms with van der Waals surface area (Å²) < 4.78 is 0. The van der Waals surface area contributed by atoms with Gasteiger partial charge >= 0.3 is 0 Å². The molecular weight excluding hydrogens is 292 g/mol. The van der Waals surface area contributed by atoms with Gasteiger partial charge < -0.3 is 10.4 Å². The second kappa shape index (κ2) is 6.73. The summed E-state index contributed by atoms with van der Waals surface area (Å²) >= 11 is 1.67. The predicted molar refractivity (Wildman–Crippen MR) is 92.0 cm³/mol. The Morgan fingerprint density at radius 1 is 1.09 bits per heavy atom. The molecule has 1 aromatic heterocycles. The highest BCUT2D eigenvalue weighted by Gasteiger charge is 2.03. The molecule has 3 nitrogen and oxygen atoms in total. The first kappa shape index (κ1) is 14.8. The highest BCUT2D eigenvalue weighted by atomic mass is 32.1. The van der Waals surface area contributed by atoms with E-state index >= 15 is 0 Å². The third-order valence-corrected chi connectivity index (χ3v) is 4.44. The summed E-state index contributed by atoms with van der Waals surface area (Å²) in [6.45, 7) is 2.85. The summed E-state index contributed by atoms with van der Waals surface area (Å²) in [5.41, 5.74) is 5.40. The first-order valence-corrected chi connectivity index (χ1v) is 8.07. The zero-order valence-corrected chi connectivity index (χ0v) is 13.2. The van der Waals surface area contributed by atoms with E-state index in [0.29, 0.717) is 0 Å². The van der Waals surface area contributed by atoms with Crippen molar-refractivity contribution in [1.29, 1.82) is 0 Å². The molecule has 0 spiro atoms. The van der Waals surface area contributed by atoms with Crippen molar-refractivity contribution in [1.82, 2.24) is 4.98 Å². The SMILES string of the molecule is Cc1csc(-c2cccc(NCc3ccc(CO)cc3)c2)n1. The van der Waals surface area contributed by atoms with Gasteiger partial charge in [0.15, 0.2) is 0 Å². The van der Waals surface area contributed by atoms with E-state index in [9.17, 15) is 0 Å². The summed E-state index contributed by atoms with van der Waals surface area (Å²) in [6, 6.07) is 16.3. The van der Waals surface area contributed by atoms with E-state index in [4.69, 9.17) is 5.11 Å². The van der Waals surface area contributed by atoms with E-state index in [-0.39, 0.29) is 6.61 Å². The quantitative estimate of drug-likeness (QED) is 0.741. The van der Waals surface area contributed by atoms with Crippen molar-refractivity contribution in [3.05, 3.63) is 70.7 Å². The fourth-order valence-corrected chi connectivity index (χ4v) is 3.01. The van der Waals surface area contributed by atoms with Crippen molar-refractivity contribution in [3.8, 4) is 10.6 Å². The fraction of sp³-hybridized carbons (Fsp3) is 0.167. The summed E-state index contributed by atoms with van der Waals surface area (Å²) in [5.74, 6) is 0. The van der Waals surface area contributed by atoms with Crippen LogP contribution >= 0.6 is 11.3 Å². The molecule has 0 saturated heterocycles. The van der Waals surface area contributed by atoms with Gasteiger partial charge in [-0.05, 0) is 30.2 Å². The predicted octanol–water partition coefficient (Wildman–Crippen LogP) is 4.22. The molecule has 0 unspecified atom stereocenters. The van der Waals surface area contributed by atoms with Gasteiger partial charge in [-0.2, -0.15) is 0 Å². The number of aromatic nitrogens is 1. The van der Waals surface area contributed by atoms with Gasteiger partial charge in [-0.15, -0.1) is 11.3 Å². The summed E-state index contributed by atoms with van der Waals surface area (Å²) in [4.78, 5) is 4.53. The van der Waals surface area contributed by atoms with Crippen LogP contribution in [-0.2, 0) is 13.2 Å². The molecule has 1 heterocycles. The Kier molecular flexibility index (Phi) is 4.51. The van der Waals surface area contributed by atoms with Crippen molar-refractivity contribution < 1.29 is 5.11 Å². The van der Waals surface area contributed by atoms with Gasteiger partial charge in [0.2, 0.25) is 0 Å². The molecule has 4 heteroatoms. The normalized spacial score (nSPS) is 10.6. The van der Waals surface area contributed by atoms with Crippen molar-refractivity contribution in [3.63, 3.8) is 0 Å². The van der Waals surface area contributed by atoms with Crippen LogP contribution in [0.2, 0.25) is 0 Å². The Bertz CT molecular complexity index is 750. The van der Waals surface area contributed by atoms with Crippen molar-refractivity contribution in [2.45, 2.75) is 20.1 Å². The minimum atomic E-state index is 0.0863. The smallest absolute Gasteiger partial charge is 0.123 e. The molecule has 3 rings (SSSR count). The number of aliphatic hydroxyl groups is 1. The number of thiazole rings is 1. The van der Waals surface area contributed by atoms with Crippen LogP contribution < -0.4 is 5.32 Å². The lowest BCUT2D eigenvalue weighted by atomic mass is 10.1. The average molecular weight is 310 g/mol. The Hall–Kier alpha value is -2.17. The molecule has 0 radical (unpaired) electrons. The third-order valence-electron chi connectivity index (χ3n) is 3.43. The first-order chi connectivity index (χ1) is 10.7. The molecule has 0 aliphatic heterocycles. The van der Waals surface area contributed by atoms with Gasteiger partial charge in [-0.25, -0.2) is 4.98 Å². The monoisotopic (exact) mass is 310 g/mol. The highest BCUT2D eigenvalue weighted by molar-refractivity contribution is 7.13. The lowest BCUT2D eigenvalue weighted by molar-refractivity contribution is 0.282. The van der Waals surface area contributed by atoms with Crippen LogP contribution in [0.3, 0.4) is 0 Å². The Labute approximate surface area is 134 Å². The summed E-state index contributed by atoms with van der Waals surface area (Å²) in [7, 11) is 0. The van der Waals surface area contributed by atoms with Crippen LogP contribution in [0.1, 0.15) is 16.8 Å². The second-order valence-corrected chi connectivity index (χ2v) is 6.06. The number of benzene rings is 2. The second-order valence-electron chi connectivity index (χ2n) is 5.20. The molecule has 0 saturated carbocycles. The van der Waals surface area contributed by atoms with E-state index in [1.165, 1.54) is 5.56 Å². The van der Waals surface area contributed by atoms with Crippen LogP contribution in [0.4, 0.5) is 5.69 Å². The molecule has 0 atom stereocenters. The molecule has 0 aliphatic carbocycles. The van der Waals surface area contributed by atoms with E-state index < -0.39 is 0 Å². The lowest BCUT2D eigenvalue weighted by Crippen LogP contribution is -1.99. The minimum Gasteiger partial charge on any atom is -0.392 e. The van der Waals surface area contributed by atoms with Gasteiger partial charge in [0.05, 0.1) is 6.61 Å². The number of rotatable bonds is 5. The minimum absolute atomic E-state index is 0.0863. The van der Waals surface area contributed by atoms with Crippen LogP contribution in [-0.4, -0.2) is 10.1 Å². The van der Waals surface area contributed by atoms with Crippen LogP contribution in [0, 0.1) is 6.92 Å².